The molecule has 1 radical (unpaired) electrons. The Morgan fingerprint density at radius 3 is 2.63 bits per heavy atom. The molecule has 0 amide bonds. The minimum absolute atomic E-state index is 0. The van der Waals surface area contributed by atoms with Crippen molar-refractivity contribution in [1.82, 2.24) is 4.90 Å². The molecule has 0 saturated heterocycles. The molecule has 0 fully saturated rings. The van der Waals surface area contributed by atoms with Crippen molar-refractivity contribution in [2.24, 2.45) is 0 Å². The topological polar surface area (TPSA) is 12.5 Å². The molecular formula is C15H15ClNOY-. The fraction of sp³-hybridized carbons (Fsp3) is 0.200. The molecule has 0 atom stereocenters. The van der Waals surface area contributed by atoms with E-state index >= 15 is 0 Å². The quantitative estimate of drug-likeness (QED) is 0.751. The average Bonchev–Trinajstić information content (AvgIpc) is 2.37. The zero-order chi connectivity index (χ0) is 13.3. The molecule has 0 N–H and O–H groups in total. The molecule has 0 aromatic heterocycles. The van der Waals surface area contributed by atoms with Gasteiger partial charge in [0, 0.05) is 39.8 Å². The first-order chi connectivity index (χ1) is 8.54. The zero-order valence-corrected chi connectivity index (χ0v) is 14.9. The van der Waals surface area contributed by atoms with Gasteiger partial charge in [0.1, 0.15) is 5.75 Å². The third kappa shape index (κ3) is 3.31. The molecule has 0 unspecified atom stereocenters. The molecule has 2 rings (SSSR count). The summed E-state index contributed by atoms with van der Waals surface area (Å²) >= 11 is 6.27. The smallest absolute Gasteiger partial charge is 0.118 e. The summed E-state index contributed by atoms with van der Waals surface area (Å²) in [7, 11) is 3.58. The van der Waals surface area contributed by atoms with Crippen LogP contribution in [-0.2, 0) is 32.7 Å². The van der Waals surface area contributed by atoms with Crippen molar-refractivity contribution in [3.63, 3.8) is 0 Å². The molecule has 97 valence electrons. The summed E-state index contributed by atoms with van der Waals surface area (Å²) in [5.74, 6) is 0.744. The summed E-state index contributed by atoms with van der Waals surface area (Å²) in [6, 6.07) is 5.62. The molecule has 1 aromatic rings. The number of methoxy groups -OCH3 is 1. The Labute approximate surface area is 144 Å². The van der Waals surface area contributed by atoms with Crippen molar-refractivity contribution in [2.45, 2.75) is 6.92 Å². The standard InChI is InChI=1S/C15H15ClNO.Y/c1-10-5-8-15(17(3)11(10)2)13-7-6-12(18-4)9-14(13)16;/h5-7,9H,2H2,1,3-4H3;/q-1;. The number of ether oxygens (including phenoxy) is 1. The van der Waals surface area contributed by atoms with Crippen LogP contribution in [0.4, 0.5) is 0 Å². The van der Waals surface area contributed by atoms with Crippen molar-refractivity contribution in [3.8, 4) is 5.75 Å². The number of rotatable bonds is 2. The normalized spacial score (nSPS) is 14.5. The molecule has 19 heavy (non-hydrogen) atoms. The molecule has 0 aliphatic carbocycles. The summed E-state index contributed by atoms with van der Waals surface area (Å²) in [5.41, 5.74) is 3.89. The van der Waals surface area contributed by atoms with Crippen molar-refractivity contribution < 1.29 is 37.4 Å². The van der Waals surface area contributed by atoms with Crippen LogP contribution in [0.2, 0.25) is 5.02 Å². The van der Waals surface area contributed by atoms with E-state index < -0.39 is 0 Å². The fourth-order valence-electron chi connectivity index (χ4n) is 1.83. The minimum Gasteiger partial charge on any atom is -0.497 e. The van der Waals surface area contributed by atoms with Gasteiger partial charge in [-0.05, 0) is 22.9 Å². The summed E-state index contributed by atoms with van der Waals surface area (Å²) in [6.07, 6.45) is 5.17. The molecule has 0 spiro atoms. The second-order valence-electron chi connectivity index (χ2n) is 4.17. The average molecular weight is 350 g/mol. The summed E-state index contributed by atoms with van der Waals surface area (Å²) in [5, 5.41) is 0.643. The van der Waals surface area contributed by atoms with Crippen LogP contribution in [0.15, 0.2) is 42.1 Å². The van der Waals surface area contributed by atoms with Gasteiger partial charge in [0.25, 0.3) is 0 Å². The SMILES string of the molecule is C=C1C(C)=C[C-]=C(c2ccc(OC)cc2Cl)N1C.[Y]. The number of hydrogen-bond acceptors (Lipinski definition) is 2. The molecule has 2 nitrogen and oxygen atoms in total. The predicted molar refractivity (Wildman–Crippen MR) is 75.3 cm³/mol. The van der Waals surface area contributed by atoms with Crippen LogP contribution in [-0.4, -0.2) is 19.1 Å². The van der Waals surface area contributed by atoms with Crippen LogP contribution in [0.5, 0.6) is 5.75 Å². The van der Waals surface area contributed by atoms with Crippen LogP contribution in [0.25, 0.3) is 5.70 Å². The van der Waals surface area contributed by atoms with E-state index in [9.17, 15) is 0 Å². The van der Waals surface area contributed by atoms with Crippen LogP contribution >= 0.6 is 11.6 Å². The van der Waals surface area contributed by atoms with E-state index in [-0.39, 0.29) is 32.7 Å². The Kier molecular flexibility index (Phi) is 5.85. The van der Waals surface area contributed by atoms with E-state index in [0.29, 0.717) is 5.02 Å². The van der Waals surface area contributed by atoms with Gasteiger partial charge in [0.15, 0.2) is 0 Å². The van der Waals surface area contributed by atoms with E-state index in [1.165, 1.54) is 0 Å². The van der Waals surface area contributed by atoms with Gasteiger partial charge in [-0.3, -0.25) is 0 Å². The Balaban J connectivity index is 0.00000180. The largest absolute Gasteiger partial charge is 0.497 e. The van der Waals surface area contributed by atoms with Crippen LogP contribution in [0.3, 0.4) is 0 Å². The third-order valence-electron chi connectivity index (χ3n) is 3.05. The van der Waals surface area contributed by atoms with Gasteiger partial charge in [0.2, 0.25) is 0 Å². The van der Waals surface area contributed by atoms with Gasteiger partial charge in [0.05, 0.1) is 7.11 Å². The Bertz CT molecular complexity index is 563. The molecule has 0 bridgehead atoms. The van der Waals surface area contributed by atoms with Crippen molar-refractivity contribution >= 4 is 17.3 Å². The first-order valence-electron chi connectivity index (χ1n) is 5.61. The number of likely N-dealkylation sites (N-methyl/N-ethyl adjacent to an activating group) is 1. The summed E-state index contributed by atoms with van der Waals surface area (Å²) in [4.78, 5) is 1.99. The van der Waals surface area contributed by atoms with Crippen LogP contribution in [0, 0.1) is 6.08 Å². The summed E-state index contributed by atoms with van der Waals surface area (Å²) in [6.45, 7) is 6.06. The monoisotopic (exact) mass is 349 g/mol. The van der Waals surface area contributed by atoms with E-state index in [0.717, 1.165) is 28.3 Å². The van der Waals surface area contributed by atoms with E-state index in [1.807, 2.05) is 37.1 Å². The third-order valence-corrected chi connectivity index (χ3v) is 3.36. The first-order valence-corrected chi connectivity index (χ1v) is 5.99. The number of hydrogen-bond donors (Lipinski definition) is 0. The Hall–Kier alpha value is -0.566. The number of benzene rings is 1. The van der Waals surface area contributed by atoms with Gasteiger partial charge in [-0.2, -0.15) is 12.2 Å². The van der Waals surface area contributed by atoms with Gasteiger partial charge < -0.3 is 9.64 Å². The Morgan fingerprint density at radius 2 is 2.05 bits per heavy atom. The second-order valence-corrected chi connectivity index (χ2v) is 4.58. The number of halogens is 1. The molecule has 1 aromatic carbocycles. The minimum atomic E-state index is 0. The van der Waals surface area contributed by atoms with E-state index in [1.54, 1.807) is 13.2 Å². The fourth-order valence-corrected chi connectivity index (χ4v) is 2.09. The second kappa shape index (κ2) is 6.74. The maximum Gasteiger partial charge on any atom is 0.118 e. The van der Waals surface area contributed by atoms with Gasteiger partial charge >= 0.3 is 0 Å². The van der Waals surface area contributed by atoms with E-state index in [4.69, 9.17) is 16.3 Å². The molecule has 0 saturated carbocycles. The summed E-state index contributed by atoms with van der Waals surface area (Å²) < 4.78 is 5.15. The van der Waals surface area contributed by atoms with Crippen molar-refractivity contribution in [3.05, 3.63) is 58.8 Å². The van der Waals surface area contributed by atoms with Crippen LogP contribution < -0.4 is 4.74 Å². The Morgan fingerprint density at radius 1 is 1.37 bits per heavy atom. The van der Waals surface area contributed by atoms with Crippen molar-refractivity contribution in [1.29, 1.82) is 0 Å². The van der Waals surface area contributed by atoms with Gasteiger partial charge in [-0.15, -0.1) is 11.6 Å². The molecular weight excluding hydrogens is 335 g/mol. The first kappa shape index (κ1) is 16.5. The van der Waals surface area contributed by atoms with Gasteiger partial charge in [-0.1, -0.05) is 36.4 Å². The van der Waals surface area contributed by atoms with Crippen molar-refractivity contribution in [2.75, 3.05) is 14.2 Å². The van der Waals surface area contributed by atoms with Gasteiger partial charge in [-0.25, -0.2) is 0 Å². The molecule has 4 heteroatoms. The van der Waals surface area contributed by atoms with E-state index in [2.05, 4.69) is 12.7 Å². The van der Waals surface area contributed by atoms with Crippen LogP contribution in [0.1, 0.15) is 12.5 Å². The molecule has 1 aliphatic rings. The predicted octanol–water partition coefficient (Wildman–Crippen LogP) is 3.90. The molecule has 1 heterocycles. The maximum atomic E-state index is 6.27. The maximum absolute atomic E-state index is 6.27. The number of nitrogens with zero attached hydrogens (tertiary/aromatic N) is 1. The molecule has 1 aliphatic heterocycles. The zero-order valence-electron chi connectivity index (χ0n) is 11.3. The number of allylic oxidation sites excluding steroid dienone is 3.